The Labute approximate surface area is 186 Å². The Balaban J connectivity index is 1.51. The van der Waals surface area contributed by atoms with E-state index in [1.54, 1.807) is 12.4 Å². The SMILES string of the molecule is Cc1ccc(-n2c(SCC(O)COc3cccc(C)c3)nnc2-c2ccncc2)cc1. The van der Waals surface area contributed by atoms with E-state index in [1.807, 2.05) is 60.0 Å². The van der Waals surface area contributed by atoms with Gasteiger partial charge >= 0.3 is 0 Å². The summed E-state index contributed by atoms with van der Waals surface area (Å²) in [5, 5.41) is 20.0. The molecule has 158 valence electrons. The van der Waals surface area contributed by atoms with E-state index in [-0.39, 0.29) is 6.61 Å². The molecule has 1 unspecified atom stereocenters. The fourth-order valence-corrected chi connectivity index (χ4v) is 3.95. The number of hydrogen-bond acceptors (Lipinski definition) is 6. The Kier molecular flexibility index (Phi) is 6.64. The standard InChI is InChI=1S/C24H24N4O2S/c1-17-6-8-20(9-7-17)28-23(19-10-12-25-13-11-19)26-27-24(28)31-16-21(29)15-30-22-5-3-4-18(2)14-22/h3-14,21,29H,15-16H2,1-2H3. The smallest absolute Gasteiger partial charge is 0.196 e. The molecule has 0 aliphatic rings. The molecular weight excluding hydrogens is 408 g/mol. The van der Waals surface area contributed by atoms with Crippen molar-refractivity contribution in [3.8, 4) is 22.8 Å². The topological polar surface area (TPSA) is 73.1 Å². The third kappa shape index (κ3) is 5.31. The second kappa shape index (κ2) is 9.76. The summed E-state index contributed by atoms with van der Waals surface area (Å²) in [6, 6.07) is 19.8. The summed E-state index contributed by atoms with van der Waals surface area (Å²) in [5.74, 6) is 1.93. The Morgan fingerprint density at radius 3 is 2.48 bits per heavy atom. The summed E-state index contributed by atoms with van der Waals surface area (Å²) in [5.41, 5.74) is 4.20. The molecule has 0 spiro atoms. The molecule has 0 aliphatic carbocycles. The highest BCUT2D eigenvalue weighted by Crippen LogP contribution is 2.28. The van der Waals surface area contributed by atoms with Crippen LogP contribution in [0.15, 0.2) is 78.2 Å². The van der Waals surface area contributed by atoms with Crippen molar-refractivity contribution in [3.05, 3.63) is 84.2 Å². The fourth-order valence-electron chi connectivity index (χ4n) is 3.09. The van der Waals surface area contributed by atoms with Crippen molar-refractivity contribution in [2.24, 2.45) is 0 Å². The molecule has 7 heteroatoms. The molecule has 0 bridgehead atoms. The molecule has 0 aliphatic heterocycles. The minimum absolute atomic E-state index is 0.215. The van der Waals surface area contributed by atoms with Crippen LogP contribution in [0.2, 0.25) is 0 Å². The van der Waals surface area contributed by atoms with Gasteiger partial charge in [-0.05, 0) is 55.8 Å². The van der Waals surface area contributed by atoms with Gasteiger partial charge in [-0.1, -0.05) is 41.6 Å². The lowest BCUT2D eigenvalue weighted by molar-refractivity contribution is 0.126. The lowest BCUT2D eigenvalue weighted by Crippen LogP contribution is -2.20. The van der Waals surface area contributed by atoms with Gasteiger partial charge in [-0.2, -0.15) is 0 Å². The summed E-state index contributed by atoms with van der Waals surface area (Å²) in [7, 11) is 0. The zero-order chi connectivity index (χ0) is 21.6. The Morgan fingerprint density at radius 1 is 0.968 bits per heavy atom. The van der Waals surface area contributed by atoms with Gasteiger partial charge in [0.2, 0.25) is 0 Å². The van der Waals surface area contributed by atoms with Gasteiger partial charge in [0.25, 0.3) is 0 Å². The van der Waals surface area contributed by atoms with Gasteiger partial charge in [0, 0.05) is 29.4 Å². The molecule has 31 heavy (non-hydrogen) atoms. The van der Waals surface area contributed by atoms with Crippen LogP contribution >= 0.6 is 11.8 Å². The van der Waals surface area contributed by atoms with Gasteiger partial charge in [-0.15, -0.1) is 10.2 Å². The third-order valence-corrected chi connectivity index (χ3v) is 5.77. The van der Waals surface area contributed by atoms with E-state index < -0.39 is 6.10 Å². The van der Waals surface area contributed by atoms with Crippen LogP contribution in [0.1, 0.15) is 11.1 Å². The second-order valence-electron chi connectivity index (χ2n) is 7.31. The molecule has 0 radical (unpaired) electrons. The molecule has 2 aromatic heterocycles. The van der Waals surface area contributed by atoms with Gasteiger partial charge in [0.05, 0.1) is 6.10 Å². The Hall–Kier alpha value is -3.16. The van der Waals surface area contributed by atoms with E-state index in [2.05, 4.69) is 34.2 Å². The number of rotatable bonds is 8. The first-order chi connectivity index (χ1) is 15.1. The zero-order valence-corrected chi connectivity index (χ0v) is 18.3. The van der Waals surface area contributed by atoms with Crippen LogP contribution in [-0.2, 0) is 0 Å². The summed E-state index contributed by atoms with van der Waals surface area (Å²) in [6.45, 7) is 4.28. The molecule has 4 rings (SSSR count). The van der Waals surface area contributed by atoms with Crippen molar-refractivity contribution in [3.63, 3.8) is 0 Å². The van der Waals surface area contributed by atoms with E-state index in [9.17, 15) is 5.11 Å². The molecule has 0 saturated carbocycles. The van der Waals surface area contributed by atoms with Crippen molar-refractivity contribution in [1.82, 2.24) is 19.7 Å². The van der Waals surface area contributed by atoms with Crippen LogP contribution in [-0.4, -0.2) is 43.3 Å². The van der Waals surface area contributed by atoms with Crippen LogP contribution < -0.4 is 4.74 Å². The van der Waals surface area contributed by atoms with E-state index in [0.717, 1.165) is 28.4 Å². The zero-order valence-electron chi connectivity index (χ0n) is 17.5. The molecular formula is C24H24N4O2S. The monoisotopic (exact) mass is 432 g/mol. The third-order valence-electron chi connectivity index (χ3n) is 4.70. The van der Waals surface area contributed by atoms with Crippen molar-refractivity contribution in [2.75, 3.05) is 12.4 Å². The van der Waals surface area contributed by atoms with E-state index >= 15 is 0 Å². The quantitative estimate of drug-likeness (QED) is 0.414. The first kappa shape index (κ1) is 21.1. The number of thioether (sulfide) groups is 1. The average Bonchev–Trinajstić information content (AvgIpc) is 3.21. The summed E-state index contributed by atoms with van der Waals surface area (Å²) in [4.78, 5) is 4.09. The molecule has 0 amide bonds. The van der Waals surface area contributed by atoms with Crippen molar-refractivity contribution >= 4 is 11.8 Å². The highest BCUT2D eigenvalue weighted by molar-refractivity contribution is 7.99. The number of aryl methyl sites for hydroxylation is 2. The van der Waals surface area contributed by atoms with Gasteiger partial charge < -0.3 is 9.84 Å². The number of benzene rings is 2. The average molecular weight is 433 g/mol. The number of aromatic nitrogens is 4. The lowest BCUT2D eigenvalue weighted by Gasteiger charge is -2.14. The maximum absolute atomic E-state index is 10.5. The summed E-state index contributed by atoms with van der Waals surface area (Å²) < 4.78 is 7.73. The van der Waals surface area contributed by atoms with Crippen LogP contribution in [0, 0.1) is 13.8 Å². The van der Waals surface area contributed by atoms with E-state index in [1.165, 1.54) is 17.3 Å². The molecule has 2 heterocycles. The number of aliphatic hydroxyl groups is 1. The molecule has 2 aromatic carbocycles. The second-order valence-corrected chi connectivity index (χ2v) is 8.29. The van der Waals surface area contributed by atoms with Crippen LogP contribution in [0.5, 0.6) is 5.75 Å². The maximum atomic E-state index is 10.5. The van der Waals surface area contributed by atoms with Crippen LogP contribution in [0.25, 0.3) is 17.1 Å². The van der Waals surface area contributed by atoms with Gasteiger partial charge in [0.1, 0.15) is 12.4 Å². The van der Waals surface area contributed by atoms with Crippen LogP contribution in [0.3, 0.4) is 0 Å². The predicted octanol–water partition coefficient (Wildman–Crippen LogP) is 4.48. The fraction of sp³-hybridized carbons (Fsp3) is 0.208. The first-order valence-electron chi connectivity index (χ1n) is 10.0. The number of hydrogen-bond donors (Lipinski definition) is 1. The number of ether oxygens (including phenoxy) is 1. The first-order valence-corrected chi connectivity index (χ1v) is 11.0. The molecule has 0 fully saturated rings. The van der Waals surface area contributed by atoms with Gasteiger partial charge in [-0.25, -0.2) is 0 Å². The number of aliphatic hydroxyl groups excluding tert-OH is 1. The predicted molar refractivity (Wildman–Crippen MR) is 123 cm³/mol. The molecule has 1 atom stereocenters. The highest BCUT2D eigenvalue weighted by atomic mass is 32.2. The highest BCUT2D eigenvalue weighted by Gasteiger charge is 2.17. The Bertz CT molecular complexity index is 1130. The summed E-state index contributed by atoms with van der Waals surface area (Å²) >= 11 is 1.45. The van der Waals surface area contributed by atoms with Crippen molar-refractivity contribution in [1.29, 1.82) is 0 Å². The molecule has 1 N–H and O–H groups in total. The van der Waals surface area contributed by atoms with Gasteiger partial charge in [0.15, 0.2) is 11.0 Å². The lowest BCUT2D eigenvalue weighted by atomic mass is 10.2. The normalized spacial score (nSPS) is 12.0. The Morgan fingerprint density at radius 2 is 1.74 bits per heavy atom. The minimum Gasteiger partial charge on any atom is -0.491 e. The van der Waals surface area contributed by atoms with E-state index in [4.69, 9.17) is 4.74 Å². The van der Waals surface area contributed by atoms with Crippen molar-refractivity contribution < 1.29 is 9.84 Å². The number of nitrogens with zero attached hydrogens (tertiary/aromatic N) is 4. The summed E-state index contributed by atoms with van der Waals surface area (Å²) in [6.07, 6.45) is 2.84. The molecule has 0 saturated heterocycles. The van der Waals surface area contributed by atoms with Crippen LogP contribution in [0.4, 0.5) is 0 Å². The molecule has 6 nitrogen and oxygen atoms in total. The molecule has 4 aromatic rings. The van der Waals surface area contributed by atoms with Crippen molar-refractivity contribution in [2.45, 2.75) is 25.1 Å². The maximum Gasteiger partial charge on any atom is 0.196 e. The van der Waals surface area contributed by atoms with Gasteiger partial charge in [-0.3, -0.25) is 9.55 Å². The van der Waals surface area contributed by atoms with E-state index in [0.29, 0.717) is 10.9 Å². The minimum atomic E-state index is -0.641. The number of pyridine rings is 1. The largest absolute Gasteiger partial charge is 0.491 e.